The Bertz CT molecular complexity index is 775. The number of carbonyl (C=O) groups is 2. The molecule has 6 nitrogen and oxygen atoms in total. The number of pyridine rings is 1. The number of hydrogen-bond acceptors (Lipinski definition) is 4. The molecule has 0 spiro atoms. The molecule has 0 saturated carbocycles. The molecule has 0 bridgehead atoms. The fraction of sp³-hybridized carbons (Fsp3) is 0.235. The van der Waals surface area contributed by atoms with Crippen LogP contribution in [0.1, 0.15) is 10.5 Å². The molecule has 1 aliphatic heterocycles. The fourth-order valence-electron chi connectivity index (χ4n) is 2.56. The van der Waals surface area contributed by atoms with Gasteiger partial charge >= 0.3 is 0 Å². The van der Waals surface area contributed by atoms with Crippen LogP contribution < -0.4 is 10.2 Å². The number of carbonyl (C=O) groups excluding carboxylic acids is 2. The monoisotopic (exact) mass is 378 g/mol. The van der Waals surface area contributed by atoms with Crippen molar-refractivity contribution in [1.82, 2.24) is 9.88 Å². The zero-order valence-electron chi connectivity index (χ0n) is 13.3. The summed E-state index contributed by atoms with van der Waals surface area (Å²) in [7, 11) is 0. The van der Waals surface area contributed by atoms with Gasteiger partial charge in [0, 0.05) is 31.9 Å². The largest absolute Gasteiger partial charge is 0.367 e. The lowest BCUT2D eigenvalue weighted by Gasteiger charge is -2.33. The molecule has 0 atom stereocenters. The summed E-state index contributed by atoms with van der Waals surface area (Å²) >= 11 is 11.8. The van der Waals surface area contributed by atoms with Crippen molar-refractivity contribution in [2.24, 2.45) is 0 Å². The second kappa shape index (κ2) is 7.72. The van der Waals surface area contributed by atoms with Crippen molar-refractivity contribution in [2.45, 2.75) is 0 Å². The normalized spacial score (nSPS) is 14.3. The minimum Gasteiger partial charge on any atom is -0.367 e. The van der Waals surface area contributed by atoms with Crippen LogP contribution in [0.25, 0.3) is 0 Å². The summed E-state index contributed by atoms with van der Waals surface area (Å²) in [6.45, 7) is 2.86. The molecule has 0 radical (unpaired) electrons. The highest BCUT2D eigenvalue weighted by molar-refractivity contribution is 6.42. The van der Waals surface area contributed by atoms with Crippen molar-refractivity contribution in [3.8, 4) is 0 Å². The van der Waals surface area contributed by atoms with E-state index in [2.05, 4.69) is 15.2 Å². The first kappa shape index (κ1) is 17.5. The van der Waals surface area contributed by atoms with Gasteiger partial charge in [-0.1, -0.05) is 23.2 Å². The number of nitrogens with one attached hydrogen (secondary N) is 1. The Hall–Kier alpha value is -2.31. The van der Waals surface area contributed by atoms with Crippen LogP contribution in [0.5, 0.6) is 0 Å². The summed E-state index contributed by atoms with van der Waals surface area (Å²) < 4.78 is 0. The Kier molecular flexibility index (Phi) is 5.40. The van der Waals surface area contributed by atoms with E-state index in [9.17, 15) is 9.59 Å². The number of benzene rings is 1. The minimum atomic E-state index is -0.323. The van der Waals surface area contributed by atoms with Crippen LogP contribution in [0.4, 0.5) is 11.4 Å². The van der Waals surface area contributed by atoms with Gasteiger partial charge in [0.2, 0.25) is 6.41 Å². The van der Waals surface area contributed by atoms with Crippen LogP contribution in [-0.4, -0.2) is 48.4 Å². The van der Waals surface area contributed by atoms with Gasteiger partial charge in [-0.3, -0.25) is 9.59 Å². The van der Waals surface area contributed by atoms with Gasteiger partial charge in [-0.15, -0.1) is 0 Å². The Morgan fingerprint density at radius 3 is 2.44 bits per heavy atom. The first-order valence-electron chi connectivity index (χ1n) is 7.73. The van der Waals surface area contributed by atoms with Gasteiger partial charge in [0.05, 0.1) is 21.9 Å². The number of piperazine rings is 1. The van der Waals surface area contributed by atoms with Crippen molar-refractivity contribution in [1.29, 1.82) is 0 Å². The van der Waals surface area contributed by atoms with E-state index in [1.165, 1.54) is 0 Å². The first-order valence-corrected chi connectivity index (χ1v) is 8.49. The van der Waals surface area contributed by atoms with E-state index < -0.39 is 0 Å². The van der Waals surface area contributed by atoms with Gasteiger partial charge < -0.3 is 15.1 Å². The van der Waals surface area contributed by atoms with E-state index in [1.807, 2.05) is 6.07 Å². The van der Waals surface area contributed by atoms with Gasteiger partial charge in [0.25, 0.3) is 5.91 Å². The van der Waals surface area contributed by atoms with Crippen LogP contribution in [0.2, 0.25) is 10.0 Å². The third-order valence-electron chi connectivity index (χ3n) is 3.99. The highest BCUT2D eigenvalue weighted by Crippen LogP contribution is 2.25. The Balaban J connectivity index is 1.64. The summed E-state index contributed by atoms with van der Waals surface area (Å²) in [5.74, 6) is -0.323. The number of hydrogen-bond donors (Lipinski definition) is 1. The first-order chi connectivity index (χ1) is 12.1. The lowest BCUT2D eigenvalue weighted by Crippen LogP contribution is -2.45. The highest BCUT2D eigenvalue weighted by atomic mass is 35.5. The third kappa shape index (κ3) is 4.21. The van der Waals surface area contributed by atoms with Crippen molar-refractivity contribution >= 4 is 46.9 Å². The number of anilines is 2. The molecule has 130 valence electrons. The molecule has 1 N–H and O–H groups in total. The SMILES string of the molecule is O=CN1CCN(c2ccc(C(=O)Nc3ccc(Cl)c(Cl)c3)nc2)CC1. The van der Waals surface area contributed by atoms with Crippen LogP contribution >= 0.6 is 23.2 Å². The minimum absolute atomic E-state index is 0.307. The van der Waals surface area contributed by atoms with Gasteiger partial charge in [-0.25, -0.2) is 4.98 Å². The highest BCUT2D eigenvalue weighted by Gasteiger charge is 2.16. The molecule has 2 heterocycles. The molecule has 1 aromatic carbocycles. The molecule has 1 aromatic heterocycles. The van der Waals surface area contributed by atoms with Crippen molar-refractivity contribution in [2.75, 3.05) is 36.4 Å². The van der Waals surface area contributed by atoms with Crippen molar-refractivity contribution in [3.05, 3.63) is 52.3 Å². The second-order valence-electron chi connectivity index (χ2n) is 5.61. The van der Waals surface area contributed by atoms with Gasteiger partial charge in [-0.2, -0.15) is 0 Å². The average Bonchev–Trinajstić information content (AvgIpc) is 2.65. The van der Waals surface area contributed by atoms with Crippen molar-refractivity contribution < 1.29 is 9.59 Å². The molecule has 2 amide bonds. The third-order valence-corrected chi connectivity index (χ3v) is 4.73. The Morgan fingerprint density at radius 1 is 1.08 bits per heavy atom. The molecule has 8 heteroatoms. The molecule has 1 fully saturated rings. The number of rotatable bonds is 4. The van der Waals surface area contributed by atoms with Crippen LogP contribution in [0.3, 0.4) is 0 Å². The summed E-state index contributed by atoms with van der Waals surface area (Å²) in [4.78, 5) is 31.1. The van der Waals surface area contributed by atoms with E-state index in [0.29, 0.717) is 34.5 Å². The van der Waals surface area contributed by atoms with E-state index in [0.717, 1.165) is 25.2 Å². The van der Waals surface area contributed by atoms with Crippen LogP contribution in [0.15, 0.2) is 36.5 Å². The van der Waals surface area contributed by atoms with Gasteiger partial charge in [0.15, 0.2) is 0 Å². The van der Waals surface area contributed by atoms with Gasteiger partial charge in [-0.05, 0) is 30.3 Å². The lowest BCUT2D eigenvalue weighted by atomic mass is 10.2. The van der Waals surface area contributed by atoms with E-state index in [-0.39, 0.29) is 5.91 Å². The molecular formula is C17H16Cl2N4O2. The number of amides is 2. The maximum absolute atomic E-state index is 12.3. The van der Waals surface area contributed by atoms with E-state index in [4.69, 9.17) is 23.2 Å². The van der Waals surface area contributed by atoms with Crippen LogP contribution in [-0.2, 0) is 4.79 Å². The Morgan fingerprint density at radius 2 is 1.84 bits per heavy atom. The summed E-state index contributed by atoms with van der Waals surface area (Å²) in [6, 6.07) is 8.41. The zero-order chi connectivity index (χ0) is 17.8. The standard InChI is InChI=1S/C17H16Cl2N4O2/c18-14-3-1-12(9-15(14)19)21-17(25)16-4-2-13(10-20-16)23-7-5-22(11-24)6-8-23/h1-4,9-11H,5-8H2,(H,21,25). The Labute approximate surface area is 155 Å². The fourth-order valence-corrected chi connectivity index (χ4v) is 2.86. The average molecular weight is 379 g/mol. The topological polar surface area (TPSA) is 65.5 Å². The van der Waals surface area contributed by atoms with Crippen LogP contribution in [0, 0.1) is 0 Å². The van der Waals surface area contributed by atoms with E-state index in [1.54, 1.807) is 35.4 Å². The predicted octanol–water partition coefficient (Wildman–Crippen LogP) is 2.92. The molecule has 1 aliphatic rings. The lowest BCUT2D eigenvalue weighted by molar-refractivity contribution is -0.118. The molecule has 25 heavy (non-hydrogen) atoms. The molecule has 0 aliphatic carbocycles. The maximum Gasteiger partial charge on any atom is 0.274 e. The van der Waals surface area contributed by atoms with Crippen molar-refractivity contribution in [3.63, 3.8) is 0 Å². The van der Waals surface area contributed by atoms with Gasteiger partial charge in [0.1, 0.15) is 5.69 Å². The summed E-state index contributed by atoms with van der Waals surface area (Å²) in [5.41, 5.74) is 1.79. The summed E-state index contributed by atoms with van der Waals surface area (Å²) in [5, 5.41) is 3.54. The zero-order valence-corrected chi connectivity index (χ0v) is 14.8. The number of nitrogens with zero attached hydrogens (tertiary/aromatic N) is 3. The molecule has 1 saturated heterocycles. The second-order valence-corrected chi connectivity index (χ2v) is 6.43. The molecular weight excluding hydrogens is 363 g/mol. The van der Waals surface area contributed by atoms with E-state index >= 15 is 0 Å². The summed E-state index contributed by atoms with van der Waals surface area (Å²) in [6.07, 6.45) is 2.53. The molecule has 3 rings (SSSR count). The smallest absolute Gasteiger partial charge is 0.274 e. The molecule has 2 aromatic rings. The maximum atomic E-state index is 12.3. The molecule has 0 unspecified atom stereocenters. The number of halogens is 2. The number of aromatic nitrogens is 1. The quantitative estimate of drug-likeness (QED) is 0.830. The predicted molar refractivity (Wildman–Crippen MR) is 98.5 cm³/mol.